The highest BCUT2D eigenvalue weighted by molar-refractivity contribution is 9.10. The summed E-state index contributed by atoms with van der Waals surface area (Å²) in [6.45, 7) is 5.04. The Balaban J connectivity index is 2.63. The Morgan fingerprint density at radius 2 is 2.00 bits per heavy atom. The molecule has 0 aliphatic carbocycles. The van der Waals surface area contributed by atoms with Gasteiger partial charge in [-0.3, -0.25) is 0 Å². The summed E-state index contributed by atoms with van der Waals surface area (Å²) in [5.41, 5.74) is 0. The van der Waals surface area contributed by atoms with Gasteiger partial charge in [0.05, 0.1) is 4.47 Å². The second-order valence-corrected chi connectivity index (χ2v) is 3.33. The zero-order valence-corrected chi connectivity index (χ0v) is 9.33. The Hall–Kier alpha value is -0.320. The summed E-state index contributed by atoms with van der Waals surface area (Å²) in [5, 5.41) is 0. The summed E-state index contributed by atoms with van der Waals surface area (Å²) in [6.07, 6.45) is 1.22. The first-order chi connectivity index (χ1) is 6.27. The highest BCUT2D eigenvalue weighted by Crippen LogP contribution is 2.23. The summed E-state index contributed by atoms with van der Waals surface area (Å²) in [4.78, 5) is 0. The van der Waals surface area contributed by atoms with E-state index in [1.807, 2.05) is 19.9 Å². The van der Waals surface area contributed by atoms with Crippen molar-refractivity contribution in [2.75, 3.05) is 13.2 Å². The third-order valence-electron chi connectivity index (χ3n) is 1.46. The van der Waals surface area contributed by atoms with Gasteiger partial charge in [0, 0.05) is 13.2 Å². The molecule has 0 aliphatic heterocycles. The van der Waals surface area contributed by atoms with Crippen LogP contribution in [-0.4, -0.2) is 13.2 Å². The number of hydrogen-bond acceptors (Lipinski definition) is 3. The predicted octanol–water partition coefficient (Wildman–Crippen LogP) is 3.11. The molecule has 0 fully saturated rings. The number of halogens is 1. The summed E-state index contributed by atoms with van der Waals surface area (Å²) >= 11 is 3.30. The highest BCUT2D eigenvalue weighted by Gasteiger charge is 2.14. The van der Waals surface area contributed by atoms with Crippen LogP contribution in [0.2, 0.25) is 0 Å². The fraction of sp³-hybridized carbons (Fsp3) is 0.556. The molecule has 0 aromatic carbocycles. The van der Waals surface area contributed by atoms with Gasteiger partial charge in [0.1, 0.15) is 6.26 Å². The van der Waals surface area contributed by atoms with E-state index in [1.165, 1.54) is 0 Å². The van der Waals surface area contributed by atoms with E-state index in [9.17, 15) is 0 Å². The largest absolute Gasteiger partial charge is 0.463 e. The molecule has 0 saturated heterocycles. The molecule has 0 aliphatic rings. The van der Waals surface area contributed by atoms with Gasteiger partial charge in [-0.25, -0.2) is 0 Å². The molecule has 74 valence electrons. The van der Waals surface area contributed by atoms with Crippen molar-refractivity contribution in [2.45, 2.75) is 20.1 Å². The van der Waals surface area contributed by atoms with Crippen LogP contribution in [-0.2, 0) is 9.47 Å². The smallest absolute Gasteiger partial charge is 0.217 e. The molecule has 0 amide bonds. The van der Waals surface area contributed by atoms with E-state index < -0.39 is 0 Å². The van der Waals surface area contributed by atoms with Crippen LogP contribution in [0.5, 0.6) is 0 Å². The number of rotatable bonds is 5. The lowest BCUT2D eigenvalue weighted by Gasteiger charge is -2.13. The fourth-order valence-corrected chi connectivity index (χ4v) is 1.29. The quantitative estimate of drug-likeness (QED) is 0.751. The van der Waals surface area contributed by atoms with E-state index in [1.54, 1.807) is 6.26 Å². The Kier molecular flexibility index (Phi) is 4.48. The van der Waals surface area contributed by atoms with Crippen molar-refractivity contribution in [1.29, 1.82) is 0 Å². The second-order valence-electron chi connectivity index (χ2n) is 2.41. The Bertz CT molecular complexity index is 241. The van der Waals surface area contributed by atoms with Crippen LogP contribution in [0, 0.1) is 0 Å². The van der Waals surface area contributed by atoms with Gasteiger partial charge in [-0.2, -0.15) is 0 Å². The maximum atomic E-state index is 5.34. The standard InChI is InChI=1S/C9H13BrO3/c1-3-11-9(12-4-2)8-5-7(10)6-13-8/h5-6,9H,3-4H2,1-2H3. The monoisotopic (exact) mass is 248 g/mol. The van der Waals surface area contributed by atoms with Gasteiger partial charge in [-0.1, -0.05) is 0 Å². The third kappa shape index (κ3) is 3.14. The van der Waals surface area contributed by atoms with Crippen LogP contribution in [0.15, 0.2) is 21.2 Å². The zero-order valence-electron chi connectivity index (χ0n) is 7.75. The normalized spacial score (nSPS) is 11.1. The van der Waals surface area contributed by atoms with Gasteiger partial charge in [-0.05, 0) is 35.8 Å². The van der Waals surface area contributed by atoms with Gasteiger partial charge in [0.25, 0.3) is 0 Å². The van der Waals surface area contributed by atoms with Crippen molar-refractivity contribution in [1.82, 2.24) is 0 Å². The SMILES string of the molecule is CCOC(OCC)c1cc(Br)co1. The zero-order chi connectivity index (χ0) is 9.68. The topological polar surface area (TPSA) is 31.6 Å². The molecule has 0 bridgehead atoms. The molecule has 1 heterocycles. The van der Waals surface area contributed by atoms with Crippen LogP contribution in [0.3, 0.4) is 0 Å². The molecule has 0 saturated carbocycles. The first-order valence-electron chi connectivity index (χ1n) is 4.25. The molecule has 0 spiro atoms. The number of furan rings is 1. The van der Waals surface area contributed by atoms with Crippen molar-refractivity contribution in [3.8, 4) is 0 Å². The van der Waals surface area contributed by atoms with Crippen LogP contribution in [0.4, 0.5) is 0 Å². The first-order valence-corrected chi connectivity index (χ1v) is 5.04. The van der Waals surface area contributed by atoms with Crippen LogP contribution >= 0.6 is 15.9 Å². The van der Waals surface area contributed by atoms with Crippen LogP contribution < -0.4 is 0 Å². The first kappa shape index (κ1) is 10.8. The average molecular weight is 249 g/mol. The average Bonchev–Trinajstić information content (AvgIpc) is 2.51. The fourth-order valence-electron chi connectivity index (χ4n) is 0.967. The maximum Gasteiger partial charge on any atom is 0.217 e. The van der Waals surface area contributed by atoms with Gasteiger partial charge in [0.15, 0.2) is 5.76 Å². The number of hydrogen-bond donors (Lipinski definition) is 0. The van der Waals surface area contributed by atoms with Gasteiger partial charge < -0.3 is 13.9 Å². The lowest BCUT2D eigenvalue weighted by Crippen LogP contribution is -2.07. The molecule has 0 unspecified atom stereocenters. The van der Waals surface area contributed by atoms with E-state index >= 15 is 0 Å². The molecule has 1 aromatic heterocycles. The molecule has 0 radical (unpaired) electrons. The highest BCUT2D eigenvalue weighted by atomic mass is 79.9. The molecule has 3 nitrogen and oxygen atoms in total. The van der Waals surface area contributed by atoms with Crippen molar-refractivity contribution in [3.63, 3.8) is 0 Å². The molecular weight excluding hydrogens is 236 g/mol. The summed E-state index contributed by atoms with van der Waals surface area (Å²) < 4.78 is 16.8. The van der Waals surface area contributed by atoms with Gasteiger partial charge >= 0.3 is 0 Å². The van der Waals surface area contributed by atoms with Gasteiger partial charge in [0.2, 0.25) is 6.29 Å². The minimum absolute atomic E-state index is 0.388. The Morgan fingerprint density at radius 3 is 2.38 bits per heavy atom. The van der Waals surface area contributed by atoms with Crippen LogP contribution in [0.1, 0.15) is 25.9 Å². The Labute approximate surface area is 86.1 Å². The van der Waals surface area contributed by atoms with E-state index in [4.69, 9.17) is 13.9 Å². The minimum atomic E-state index is -0.388. The van der Waals surface area contributed by atoms with E-state index in [2.05, 4.69) is 15.9 Å². The third-order valence-corrected chi connectivity index (χ3v) is 1.87. The lowest BCUT2D eigenvalue weighted by molar-refractivity contribution is -0.150. The Morgan fingerprint density at radius 1 is 1.38 bits per heavy atom. The molecular formula is C9H13BrO3. The molecule has 1 aromatic rings. The molecule has 4 heteroatoms. The lowest BCUT2D eigenvalue weighted by atomic mass is 10.4. The molecule has 13 heavy (non-hydrogen) atoms. The van der Waals surface area contributed by atoms with E-state index in [0.29, 0.717) is 19.0 Å². The van der Waals surface area contributed by atoms with Crippen LogP contribution in [0.25, 0.3) is 0 Å². The van der Waals surface area contributed by atoms with Gasteiger partial charge in [-0.15, -0.1) is 0 Å². The summed E-state index contributed by atoms with van der Waals surface area (Å²) in [7, 11) is 0. The molecule has 1 rings (SSSR count). The predicted molar refractivity (Wildman–Crippen MR) is 52.4 cm³/mol. The van der Waals surface area contributed by atoms with Crippen molar-refractivity contribution < 1.29 is 13.9 Å². The summed E-state index contributed by atoms with van der Waals surface area (Å²) in [5.74, 6) is 0.690. The minimum Gasteiger partial charge on any atom is -0.463 e. The number of ether oxygens (including phenoxy) is 2. The molecule has 0 atom stereocenters. The van der Waals surface area contributed by atoms with Crippen molar-refractivity contribution in [2.24, 2.45) is 0 Å². The second kappa shape index (κ2) is 5.42. The molecule has 0 N–H and O–H groups in total. The van der Waals surface area contributed by atoms with Crippen molar-refractivity contribution in [3.05, 3.63) is 22.6 Å². The maximum absolute atomic E-state index is 5.34. The van der Waals surface area contributed by atoms with E-state index in [0.717, 1.165) is 4.47 Å². The van der Waals surface area contributed by atoms with E-state index in [-0.39, 0.29) is 6.29 Å². The summed E-state index contributed by atoms with van der Waals surface area (Å²) in [6, 6.07) is 1.84. The van der Waals surface area contributed by atoms with Crippen molar-refractivity contribution >= 4 is 15.9 Å².